The van der Waals surface area contributed by atoms with E-state index in [4.69, 9.17) is 9.47 Å². The number of anilines is 1. The third-order valence-electron chi connectivity index (χ3n) is 2.72. The lowest BCUT2D eigenvalue weighted by Gasteiger charge is -2.15. The number of benzene rings is 1. The quantitative estimate of drug-likeness (QED) is 0.852. The monoisotopic (exact) mass is 247 g/mol. The molecule has 2 N–H and O–H groups in total. The van der Waals surface area contributed by atoms with Gasteiger partial charge in [-0.3, -0.25) is 5.10 Å². The first-order valence-corrected chi connectivity index (χ1v) is 5.72. The van der Waals surface area contributed by atoms with Crippen LogP contribution in [0.25, 0.3) is 0 Å². The van der Waals surface area contributed by atoms with E-state index in [1.165, 1.54) is 0 Å². The van der Waals surface area contributed by atoms with Crippen LogP contribution in [0.1, 0.15) is 18.7 Å². The van der Waals surface area contributed by atoms with Gasteiger partial charge in [0.05, 0.1) is 26.0 Å². The summed E-state index contributed by atoms with van der Waals surface area (Å²) in [5.41, 5.74) is 1.96. The highest BCUT2D eigenvalue weighted by molar-refractivity contribution is 5.54. The smallest absolute Gasteiger partial charge is 0.124 e. The van der Waals surface area contributed by atoms with Crippen LogP contribution in [0.5, 0.6) is 11.5 Å². The summed E-state index contributed by atoms with van der Waals surface area (Å²) in [5.74, 6) is 1.52. The summed E-state index contributed by atoms with van der Waals surface area (Å²) < 4.78 is 10.5. The molecule has 18 heavy (non-hydrogen) atoms. The molecule has 0 saturated carbocycles. The van der Waals surface area contributed by atoms with Crippen molar-refractivity contribution in [2.75, 3.05) is 19.5 Å². The molecule has 1 unspecified atom stereocenters. The fourth-order valence-electron chi connectivity index (χ4n) is 1.73. The van der Waals surface area contributed by atoms with Crippen molar-refractivity contribution in [2.24, 2.45) is 0 Å². The number of ether oxygens (including phenoxy) is 2. The van der Waals surface area contributed by atoms with Gasteiger partial charge in [-0.05, 0) is 13.0 Å². The van der Waals surface area contributed by atoms with Gasteiger partial charge in [0.2, 0.25) is 0 Å². The average Bonchev–Trinajstić information content (AvgIpc) is 2.92. The topological polar surface area (TPSA) is 59.2 Å². The lowest BCUT2D eigenvalue weighted by atomic mass is 10.2. The number of hydrogen-bond donors (Lipinski definition) is 2. The Morgan fingerprint density at radius 1 is 1.17 bits per heavy atom. The first kappa shape index (κ1) is 12.3. The van der Waals surface area contributed by atoms with Crippen LogP contribution in [0.3, 0.4) is 0 Å². The standard InChI is InChI=1S/C13H17N3O2/c1-9(13-4-5-14-16-13)15-10-6-11(17-2)8-12(7-10)18-3/h4-9,15H,1-3H3,(H,14,16). The van der Waals surface area contributed by atoms with E-state index in [2.05, 4.69) is 22.4 Å². The molecule has 0 aliphatic heterocycles. The first-order valence-electron chi connectivity index (χ1n) is 5.72. The van der Waals surface area contributed by atoms with E-state index in [9.17, 15) is 0 Å². The average molecular weight is 247 g/mol. The van der Waals surface area contributed by atoms with Crippen molar-refractivity contribution in [2.45, 2.75) is 13.0 Å². The van der Waals surface area contributed by atoms with Crippen molar-refractivity contribution in [3.8, 4) is 11.5 Å². The van der Waals surface area contributed by atoms with Gasteiger partial charge in [-0.25, -0.2) is 0 Å². The highest BCUT2D eigenvalue weighted by Gasteiger charge is 2.08. The summed E-state index contributed by atoms with van der Waals surface area (Å²) >= 11 is 0. The van der Waals surface area contributed by atoms with Crippen LogP contribution in [0, 0.1) is 0 Å². The van der Waals surface area contributed by atoms with Gasteiger partial charge in [-0.1, -0.05) is 0 Å². The molecule has 0 aliphatic rings. The molecule has 0 bridgehead atoms. The van der Waals surface area contributed by atoms with Crippen LogP contribution in [-0.2, 0) is 0 Å². The van der Waals surface area contributed by atoms with Gasteiger partial charge in [0.1, 0.15) is 11.5 Å². The third kappa shape index (κ3) is 2.74. The number of nitrogens with zero attached hydrogens (tertiary/aromatic N) is 1. The summed E-state index contributed by atoms with van der Waals surface area (Å²) in [4.78, 5) is 0. The highest BCUT2D eigenvalue weighted by atomic mass is 16.5. The van der Waals surface area contributed by atoms with Crippen LogP contribution >= 0.6 is 0 Å². The van der Waals surface area contributed by atoms with E-state index in [1.807, 2.05) is 24.3 Å². The first-order chi connectivity index (χ1) is 8.72. The minimum absolute atomic E-state index is 0.129. The summed E-state index contributed by atoms with van der Waals surface area (Å²) in [6.07, 6.45) is 1.74. The Labute approximate surface area is 106 Å². The second-order valence-electron chi connectivity index (χ2n) is 3.98. The minimum Gasteiger partial charge on any atom is -0.497 e. The Balaban J connectivity index is 2.17. The lowest BCUT2D eigenvalue weighted by molar-refractivity contribution is 0.394. The predicted molar refractivity (Wildman–Crippen MR) is 70.2 cm³/mol. The Kier molecular flexibility index (Phi) is 3.72. The number of methoxy groups -OCH3 is 2. The lowest BCUT2D eigenvalue weighted by Crippen LogP contribution is -2.07. The zero-order valence-electron chi connectivity index (χ0n) is 10.7. The van der Waals surface area contributed by atoms with Crippen LogP contribution in [0.4, 0.5) is 5.69 Å². The molecule has 96 valence electrons. The van der Waals surface area contributed by atoms with Crippen molar-refractivity contribution in [1.82, 2.24) is 10.2 Å². The normalized spacial score (nSPS) is 11.9. The Morgan fingerprint density at radius 2 is 1.83 bits per heavy atom. The molecule has 0 fully saturated rings. The van der Waals surface area contributed by atoms with Gasteiger partial charge in [-0.15, -0.1) is 0 Å². The molecule has 0 radical (unpaired) electrons. The van der Waals surface area contributed by atoms with Crippen LogP contribution in [-0.4, -0.2) is 24.4 Å². The van der Waals surface area contributed by atoms with E-state index in [0.29, 0.717) is 0 Å². The second kappa shape index (κ2) is 5.44. The molecule has 2 aromatic rings. The second-order valence-corrected chi connectivity index (χ2v) is 3.98. The van der Waals surface area contributed by atoms with Crippen LogP contribution in [0.15, 0.2) is 30.5 Å². The SMILES string of the molecule is COc1cc(NC(C)c2ccn[nH]2)cc(OC)c1. The number of nitrogens with one attached hydrogen (secondary N) is 2. The molecule has 2 rings (SSSR count). The van der Waals surface area contributed by atoms with Gasteiger partial charge in [0.25, 0.3) is 0 Å². The summed E-state index contributed by atoms with van der Waals surface area (Å²) in [7, 11) is 3.27. The molecular formula is C13H17N3O2. The number of hydrogen-bond acceptors (Lipinski definition) is 4. The van der Waals surface area contributed by atoms with Gasteiger partial charge in [0.15, 0.2) is 0 Å². The molecule has 0 spiro atoms. The molecule has 5 heteroatoms. The summed E-state index contributed by atoms with van der Waals surface area (Å²) in [6, 6.07) is 7.76. The molecule has 1 aromatic heterocycles. The Bertz CT molecular complexity index is 475. The van der Waals surface area contributed by atoms with Crippen molar-refractivity contribution in [3.63, 3.8) is 0 Å². The number of aromatic nitrogens is 2. The Hall–Kier alpha value is -2.17. The van der Waals surface area contributed by atoms with Crippen molar-refractivity contribution in [1.29, 1.82) is 0 Å². The molecule has 1 atom stereocenters. The fourth-order valence-corrected chi connectivity index (χ4v) is 1.73. The molecule has 0 amide bonds. The summed E-state index contributed by atoms with van der Waals surface area (Å²) in [5, 5.41) is 10.2. The minimum atomic E-state index is 0.129. The number of aromatic amines is 1. The van der Waals surface area contributed by atoms with Crippen LogP contribution < -0.4 is 14.8 Å². The maximum absolute atomic E-state index is 5.23. The molecule has 1 aromatic carbocycles. The van der Waals surface area contributed by atoms with Crippen molar-refractivity contribution in [3.05, 3.63) is 36.2 Å². The van der Waals surface area contributed by atoms with E-state index in [1.54, 1.807) is 20.4 Å². The van der Waals surface area contributed by atoms with Gasteiger partial charge in [-0.2, -0.15) is 5.10 Å². The van der Waals surface area contributed by atoms with Gasteiger partial charge >= 0.3 is 0 Å². The summed E-state index contributed by atoms with van der Waals surface area (Å²) in [6.45, 7) is 2.06. The van der Waals surface area contributed by atoms with Crippen molar-refractivity contribution < 1.29 is 9.47 Å². The number of H-pyrrole nitrogens is 1. The Morgan fingerprint density at radius 3 is 2.33 bits per heavy atom. The van der Waals surface area contributed by atoms with Gasteiger partial charge < -0.3 is 14.8 Å². The zero-order valence-corrected chi connectivity index (χ0v) is 10.7. The molecular weight excluding hydrogens is 230 g/mol. The van der Waals surface area contributed by atoms with E-state index < -0.39 is 0 Å². The van der Waals surface area contributed by atoms with E-state index in [0.717, 1.165) is 22.9 Å². The molecule has 5 nitrogen and oxygen atoms in total. The van der Waals surface area contributed by atoms with Crippen molar-refractivity contribution >= 4 is 5.69 Å². The fraction of sp³-hybridized carbons (Fsp3) is 0.308. The largest absolute Gasteiger partial charge is 0.497 e. The maximum atomic E-state index is 5.23. The molecule has 1 heterocycles. The van der Waals surface area contributed by atoms with E-state index >= 15 is 0 Å². The number of rotatable bonds is 5. The zero-order chi connectivity index (χ0) is 13.0. The van der Waals surface area contributed by atoms with Crippen LogP contribution in [0.2, 0.25) is 0 Å². The molecule has 0 aliphatic carbocycles. The van der Waals surface area contributed by atoms with E-state index in [-0.39, 0.29) is 6.04 Å². The molecule has 0 saturated heterocycles. The third-order valence-corrected chi connectivity index (χ3v) is 2.72. The predicted octanol–water partition coefficient (Wildman–Crippen LogP) is 2.60. The highest BCUT2D eigenvalue weighted by Crippen LogP contribution is 2.27. The van der Waals surface area contributed by atoms with Gasteiger partial charge in [0, 0.05) is 30.1 Å². The maximum Gasteiger partial charge on any atom is 0.124 e.